The van der Waals surface area contributed by atoms with Crippen LogP contribution >= 0.6 is 0 Å². The summed E-state index contributed by atoms with van der Waals surface area (Å²) in [6, 6.07) is 4.01. The van der Waals surface area contributed by atoms with Crippen molar-refractivity contribution in [1.82, 2.24) is 25.0 Å². The maximum Gasteiger partial charge on any atom is 0.225 e. The molecule has 3 heterocycles. The Morgan fingerprint density at radius 1 is 1.45 bits per heavy atom. The first-order valence-corrected chi connectivity index (χ1v) is 7.63. The summed E-state index contributed by atoms with van der Waals surface area (Å²) < 4.78 is 1.83. The quantitative estimate of drug-likeness (QED) is 0.920. The number of aryl methyl sites for hydroxylation is 2. The number of nitrogens with zero attached hydrogens (tertiary/aromatic N) is 4. The minimum absolute atomic E-state index is 0.0642. The van der Waals surface area contributed by atoms with Crippen LogP contribution in [0, 0.1) is 6.92 Å². The first-order chi connectivity index (χ1) is 10.7. The van der Waals surface area contributed by atoms with Gasteiger partial charge in [-0.05, 0) is 24.1 Å². The smallest absolute Gasteiger partial charge is 0.225 e. The van der Waals surface area contributed by atoms with E-state index in [-0.39, 0.29) is 11.9 Å². The number of pyridine rings is 1. The summed E-state index contributed by atoms with van der Waals surface area (Å²) in [6.07, 6.45) is 7.84. The average molecular weight is 299 g/mol. The number of hydrogen-bond acceptors (Lipinski definition) is 4. The van der Waals surface area contributed by atoms with Gasteiger partial charge in [0.15, 0.2) is 0 Å². The van der Waals surface area contributed by atoms with Crippen LogP contribution in [0.1, 0.15) is 23.6 Å². The Hall–Kier alpha value is -2.21. The standard InChI is InChI=1S/C16H21N5O/c1-13-9-19-20(12-13)7-4-16(22)21-8-6-18-11-15(21)14-3-2-5-17-10-14/h2-3,5,9-10,12,15,18H,4,6-8,11H2,1H3. The van der Waals surface area contributed by atoms with Gasteiger partial charge in [0.2, 0.25) is 5.91 Å². The van der Waals surface area contributed by atoms with Crippen LogP contribution in [0.15, 0.2) is 36.9 Å². The summed E-state index contributed by atoms with van der Waals surface area (Å²) in [6.45, 7) is 4.97. The molecule has 2 aromatic heterocycles. The lowest BCUT2D eigenvalue weighted by molar-refractivity contribution is -0.134. The normalized spacial score (nSPS) is 18.4. The van der Waals surface area contributed by atoms with Crippen molar-refractivity contribution < 1.29 is 4.79 Å². The monoisotopic (exact) mass is 299 g/mol. The van der Waals surface area contributed by atoms with Gasteiger partial charge < -0.3 is 10.2 Å². The van der Waals surface area contributed by atoms with E-state index < -0.39 is 0 Å². The number of amides is 1. The Labute approximate surface area is 130 Å². The van der Waals surface area contributed by atoms with Gasteiger partial charge in [-0.25, -0.2) is 0 Å². The van der Waals surface area contributed by atoms with Crippen molar-refractivity contribution in [2.24, 2.45) is 0 Å². The van der Waals surface area contributed by atoms with E-state index in [4.69, 9.17) is 0 Å². The van der Waals surface area contributed by atoms with E-state index in [2.05, 4.69) is 15.4 Å². The number of aromatic nitrogens is 3. The highest BCUT2D eigenvalue weighted by Gasteiger charge is 2.27. The zero-order valence-corrected chi connectivity index (χ0v) is 12.8. The second-order valence-corrected chi connectivity index (χ2v) is 5.62. The number of rotatable bonds is 4. The van der Waals surface area contributed by atoms with Crippen molar-refractivity contribution in [3.05, 3.63) is 48.0 Å². The van der Waals surface area contributed by atoms with Crippen LogP contribution in [0.5, 0.6) is 0 Å². The van der Waals surface area contributed by atoms with E-state index in [1.165, 1.54) is 0 Å². The third-order valence-electron chi connectivity index (χ3n) is 3.95. The van der Waals surface area contributed by atoms with E-state index in [1.54, 1.807) is 6.20 Å². The molecule has 0 radical (unpaired) electrons. The maximum absolute atomic E-state index is 12.6. The fourth-order valence-corrected chi connectivity index (χ4v) is 2.82. The minimum Gasteiger partial charge on any atom is -0.333 e. The van der Waals surface area contributed by atoms with Crippen LogP contribution in [-0.4, -0.2) is 45.2 Å². The molecule has 0 aliphatic carbocycles. The predicted octanol–water partition coefficient (Wildman–Crippen LogP) is 1.15. The number of nitrogens with one attached hydrogen (secondary N) is 1. The number of carbonyl (C=O) groups excluding carboxylic acids is 1. The van der Waals surface area contributed by atoms with Crippen LogP contribution in [-0.2, 0) is 11.3 Å². The molecule has 22 heavy (non-hydrogen) atoms. The van der Waals surface area contributed by atoms with E-state index in [9.17, 15) is 4.79 Å². The molecule has 1 fully saturated rings. The molecule has 0 saturated carbocycles. The molecule has 1 amide bonds. The highest BCUT2D eigenvalue weighted by Crippen LogP contribution is 2.22. The molecule has 1 N–H and O–H groups in total. The second-order valence-electron chi connectivity index (χ2n) is 5.62. The lowest BCUT2D eigenvalue weighted by Crippen LogP contribution is -2.48. The second kappa shape index (κ2) is 6.70. The molecule has 116 valence electrons. The van der Waals surface area contributed by atoms with Crippen molar-refractivity contribution in [3.8, 4) is 0 Å². The predicted molar refractivity (Wildman–Crippen MR) is 83.1 cm³/mol. The highest BCUT2D eigenvalue weighted by atomic mass is 16.2. The van der Waals surface area contributed by atoms with Gasteiger partial charge in [-0.2, -0.15) is 5.10 Å². The number of carbonyl (C=O) groups is 1. The Kier molecular flexibility index (Phi) is 4.48. The third kappa shape index (κ3) is 3.33. The Bertz CT molecular complexity index is 624. The van der Waals surface area contributed by atoms with E-state index >= 15 is 0 Å². The topological polar surface area (TPSA) is 63.1 Å². The molecule has 1 unspecified atom stereocenters. The molecular formula is C16H21N5O. The average Bonchev–Trinajstić information content (AvgIpc) is 2.99. The summed E-state index contributed by atoms with van der Waals surface area (Å²) in [5.41, 5.74) is 2.20. The van der Waals surface area contributed by atoms with Crippen molar-refractivity contribution >= 4 is 5.91 Å². The number of hydrogen-bond donors (Lipinski definition) is 1. The van der Waals surface area contributed by atoms with Gasteiger partial charge in [-0.3, -0.25) is 14.5 Å². The van der Waals surface area contributed by atoms with Crippen molar-refractivity contribution in [3.63, 3.8) is 0 Å². The van der Waals surface area contributed by atoms with Gasteiger partial charge in [0, 0.05) is 51.2 Å². The molecule has 6 nitrogen and oxygen atoms in total. The highest BCUT2D eigenvalue weighted by molar-refractivity contribution is 5.76. The third-order valence-corrected chi connectivity index (χ3v) is 3.95. The Morgan fingerprint density at radius 3 is 3.09 bits per heavy atom. The van der Waals surface area contributed by atoms with Crippen LogP contribution < -0.4 is 5.32 Å². The molecule has 0 aromatic carbocycles. The zero-order valence-electron chi connectivity index (χ0n) is 12.8. The van der Waals surface area contributed by atoms with Crippen molar-refractivity contribution in [2.75, 3.05) is 19.6 Å². The van der Waals surface area contributed by atoms with Gasteiger partial charge in [-0.15, -0.1) is 0 Å². The maximum atomic E-state index is 12.6. The molecule has 1 atom stereocenters. The van der Waals surface area contributed by atoms with E-state index in [0.29, 0.717) is 13.0 Å². The summed E-state index contributed by atoms with van der Waals surface area (Å²) in [4.78, 5) is 18.7. The molecule has 0 bridgehead atoms. The lowest BCUT2D eigenvalue weighted by Gasteiger charge is -2.36. The molecular weight excluding hydrogens is 278 g/mol. The molecule has 1 saturated heterocycles. The molecule has 2 aromatic rings. The summed E-state index contributed by atoms with van der Waals surface area (Å²) in [7, 11) is 0. The van der Waals surface area contributed by atoms with Gasteiger partial charge in [0.05, 0.1) is 12.2 Å². The summed E-state index contributed by atoms with van der Waals surface area (Å²) >= 11 is 0. The molecule has 6 heteroatoms. The van der Waals surface area contributed by atoms with Crippen LogP contribution in [0.25, 0.3) is 0 Å². The Balaban J connectivity index is 1.66. The lowest BCUT2D eigenvalue weighted by atomic mass is 10.0. The van der Waals surface area contributed by atoms with Gasteiger partial charge in [0.25, 0.3) is 0 Å². The Morgan fingerprint density at radius 2 is 2.36 bits per heavy atom. The molecule has 1 aliphatic rings. The van der Waals surface area contributed by atoms with E-state index in [0.717, 1.165) is 30.8 Å². The molecule has 3 rings (SSSR count). The fourth-order valence-electron chi connectivity index (χ4n) is 2.82. The largest absolute Gasteiger partial charge is 0.333 e. The zero-order chi connectivity index (χ0) is 15.4. The summed E-state index contributed by atoms with van der Waals surface area (Å²) in [5, 5.41) is 7.59. The van der Waals surface area contributed by atoms with Crippen molar-refractivity contribution in [2.45, 2.75) is 25.9 Å². The molecule has 1 aliphatic heterocycles. The SMILES string of the molecule is Cc1cnn(CCC(=O)N2CCNCC2c2cccnc2)c1. The summed E-state index contributed by atoms with van der Waals surface area (Å²) in [5.74, 6) is 0.170. The van der Waals surface area contributed by atoms with E-state index in [1.807, 2.05) is 47.2 Å². The van der Waals surface area contributed by atoms with Crippen LogP contribution in [0.4, 0.5) is 0 Å². The first kappa shape index (κ1) is 14.7. The van der Waals surface area contributed by atoms with Crippen molar-refractivity contribution in [1.29, 1.82) is 0 Å². The van der Waals surface area contributed by atoms with Crippen LogP contribution in [0.3, 0.4) is 0 Å². The van der Waals surface area contributed by atoms with Crippen LogP contribution in [0.2, 0.25) is 0 Å². The minimum atomic E-state index is 0.0642. The van der Waals surface area contributed by atoms with Gasteiger partial charge in [0.1, 0.15) is 0 Å². The molecule has 0 spiro atoms. The first-order valence-electron chi connectivity index (χ1n) is 7.63. The fraction of sp³-hybridized carbons (Fsp3) is 0.438. The van der Waals surface area contributed by atoms with Gasteiger partial charge >= 0.3 is 0 Å². The number of piperazine rings is 1. The van der Waals surface area contributed by atoms with Gasteiger partial charge in [-0.1, -0.05) is 6.07 Å².